The van der Waals surface area contributed by atoms with Gasteiger partial charge in [0.25, 0.3) is 0 Å². The van der Waals surface area contributed by atoms with Crippen LogP contribution < -0.4 is 10.2 Å². The van der Waals surface area contributed by atoms with E-state index in [1.54, 1.807) is 6.92 Å². The second-order valence-corrected chi connectivity index (χ2v) is 9.64. The number of nitrogens with zero attached hydrogens (tertiary/aromatic N) is 2. The Morgan fingerprint density at radius 3 is 1.88 bits per heavy atom. The van der Waals surface area contributed by atoms with Crippen molar-refractivity contribution >= 4 is 91.8 Å². The third kappa shape index (κ3) is 6.00. The number of rotatable bonds is 4. The molecule has 24 heavy (non-hydrogen) atoms. The van der Waals surface area contributed by atoms with Crippen LogP contribution in [0.5, 0.6) is 0 Å². The van der Waals surface area contributed by atoms with Gasteiger partial charge in [-0.05, 0) is 54.6 Å². The van der Waals surface area contributed by atoms with Gasteiger partial charge >= 0.3 is 10.5 Å². The Kier molecular flexibility index (Phi) is 8.72. The van der Waals surface area contributed by atoms with Gasteiger partial charge in [0.15, 0.2) is 8.34 Å². The molecular formula is C12H10Cl4F2N2O2S2. The lowest BCUT2D eigenvalue weighted by atomic mass is 10.1. The molecule has 2 amide bonds. The fourth-order valence-corrected chi connectivity index (χ4v) is 3.37. The van der Waals surface area contributed by atoms with Crippen LogP contribution in [0.3, 0.4) is 0 Å². The summed E-state index contributed by atoms with van der Waals surface area (Å²) < 4.78 is 26.4. The highest BCUT2D eigenvalue weighted by Gasteiger charge is 2.29. The lowest BCUT2D eigenvalue weighted by Crippen LogP contribution is -2.25. The zero-order valence-corrected chi connectivity index (χ0v) is 16.8. The molecule has 0 heterocycles. The minimum atomic E-state index is -1.21. The normalized spacial score (nSPS) is 11.1. The molecule has 0 aliphatic rings. The Balaban J connectivity index is 3.29. The third-order valence-corrected chi connectivity index (χ3v) is 4.68. The van der Waals surface area contributed by atoms with Gasteiger partial charge in [0.1, 0.15) is 11.4 Å². The number of aryl methyl sites for hydroxylation is 2. The summed E-state index contributed by atoms with van der Waals surface area (Å²) in [7, 11) is 0. The quantitative estimate of drug-likeness (QED) is 0.363. The van der Waals surface area contributed by atoms with Gasteiger partial charge in [0.2, 0.25) is 0 Å². The smallest absolute Gasteiger partial charge is 0.259 e. The largest absolute Gasteiger partial charge is 0.316 e. The molecule has 4 nitrogen and oxygen atoms in total. The number of anilines is 2. The molecule has 0 saturated carbocycles. The van der Waals surface area contributed by atoms with E-state index in [4.69, 9.17) is 46.4 Å². The number of hydrogen-bond donors (Lipinski definition) is 0. The number of benzene rings is 1. The van der Waals surface area contributed by atoms with Gasteiger partial charge in [-0.15, -0.1) is 10.2 Å². The van der Waals surface area contributed by atoms with E-state index in [1.807, 2.05) is 0 Å². The molecule has 1 aromatic rings. The fraction of sp³-hybridized carbons (Fsp3) is 0.333. The average molecular weight is 458 g/mol. The van der Waals surface area contributed by atoms with Crippen LogP contribution in [-0.4, -0.2) is 18.8 Å². The first kappa shape index (κ1) is 21.9. The van der Waals surface area contributed by atoms with E-state index in [0.717, 1.165) is 0 Å². The monoisotopic (exact) mass is 456 g/mol. The molecule has 0 N–H and O–H groups in total. The second kappa shape index (κ2) is 9.54. The van der Waals surface area contributed by atoms with E-state index < -0.39 is 30.2 Å². The van der Waals surface area contributed by atoms with E-state index in [2.05, 4.69) is 0 Å². The van der Waals surface area contributed by atoms with E-state index in [0.29, 0.717) is 5.56 Å². The molecule has 1 aromatic carbocycles. The highest BCUT2D eigenvalue weighted by Crippen LogP contribution is 2.39. The zero-order valence-electron chi connectivity index (χ0n) is 12.1. The number of thioether (sulfide) groups is 2. The minimum Gasteiger partial charge on any atom is -0.259 e. The molecule has 1 rings (SSSR count). The number of halogens is 6. The Bertz CT molecular complexity index is 637. The van der Waals surface area contributed by atoms with Crippen LogP contribution in [0.25, 0.3) is 0 Å². The molecule has 134 valence electrons. The van der Waals surface area contributed by atoms with E-state index in [-0.39, 0.29) is 39.3 Å². The summed E-state index contributed by atoms with van der Waals surface area (Å²) in [4.78, 5) is 23.6. The van der Waals surface area contributed by atoms with Gasteiger partial charge in [-0.1, -0.05) is 61.4 Å². The summed E-state index contributed by atoms with van der Waals surface area (Å²) in [5.74, 6) is 0. The van der Waals surface area contributed by atoms with Crippen molar-refractivity contribution < 1.29 is 18.6 Å². The Morgan fingerprint density at radius 1 is 0.958 bits per heavy atom. The third-order valence-electron chi connectivity index (χ3n) is 2.53. The molecule has 0 saturated heterocycles. The molecule has 0 unspecified atom stereocenters. The standard InChI is InChI=1S/C12H10Cl4F2N2O2S2/c1-5-3-6(2)8(20(18)12(22)24-10(15)16)7(4-5)19(17)11(21)23-9(13)14/h3-4,9-10H,1-2H3. The topological polar surface area (TPSA) is 40.6 Å². The molecule has 0 radical (unpaired) electrons. The Morgan fingerprint density at radius 2 is 1.42 bits per heavy atom. The first-order chi connectivity index (χ1) is 11.0. The van der Waals surface area contributed by atoms with Gasteiger partial charge in [-0.25, -0.2) is 0 Å². The van der Waals surface area contributed by atoms with Crippen LogP contribution in [0.15, 0.2) is 12.1 Å². The fourth-order valence-electron chi connectivity index (χ4n) is 1.78. The zero-order chi connectivity index (χ0) is 18.6. The lowest BCUT2D eigenvalue weighted by molar-refractivity contribution is 0.251. The second-order valence-electron chi connectivity index (χ2n) is 4.30. The summed E-state index contributed by atoms with van der Waals surface area (Å²) in [6, 6.07) is 2.71. The molecule has 0 aliphatic heterocycles. The van der Waals surface area contributed by atoms with Gasteiger partial charge in [0.05, 0.1) is 0 Å². The number of hydrogen-bond acceptors (Lipinski definition) is 4. The molecule has 0 bridgehead atoms. The van der Waals surface area contributed by atoms with Gasteiger partial charge in [0, 0.05) is 0 Å². The van der Waals surface area contributed by atoms with Crippen molar-refractivity contribution in [3.8, 4) is 0 Å². The number of alkyl halides is 4. The van der Waals surface area contributed by atoms with E-state index in [1.165, 1.54) is 19.1 Å². The van der Waals surface area contributed by atoms with Crippen molar-refractivity contribution in [2.24, 2.45) is 0 Å². The van der Waals surface area contributed by atoms with Crippen molar-refractivity contribution in [2.45, 2.75) is 22.2 Å². The van der Waals surface area contributed by atoms with Crippen molar-refractivity contribution in [1.82, 2.24) is 0 Å². The van der Waals surface area contributed by atoms with Gasteiger partial charge in [-0.2, -0.15) is 0 Å². The summed E-state index contributed by atoms with van der Waals surface area (Å²) in [6.45, 7) is 3.07. The maximum absolute atomic E-state index is 14.4. The minimum absolute atomic E-state index is 0.218. The number of carbonyl (C=O) groups excluding carboxylic acids is 2. The van der Waals surface area contributed by atoms with Crippen molar-refractivity contribution in [3.63, 3.8) is 0 Å². The first-order valence-corrected chi connectivity index (χ1v) is 9.55. The molecule has 0 spiro atoms. The predicted octanol–water partition coefficient (Wildman–Crippen LogP) is 6.91. The van der Waals surface area contributed by atoms with Crippen molar-refractivity contribution in [1.29, 1.82) is 0 Å². The molecule has 0 aromatic heterocycles. The van der Waals surface area contributed by atoms with Crippen molar-refractivity contribution in [2.75, 3.05) is 10.2 Å². The van der Waals surface area contributed by atoms with Crippen LogP contribution in [-0.2, 0) is 0 Å². The summed E-state index contributed by atoms with van der Waals surface area (Å²) in [5.41, 5.74) is -0.169. The number of amides is 2. The van der Waals surface area contributed by atoms with Gasteiger partial charge < -0.3 is 0 Å². The van der Waals surface area contributed by atoms with Crippen LogP contribution >= 0.6 is 69.9 Å². The SMILES string of the molecule is Cc1cc(C)c(N(F)C(=O)SC(Cl)Cl)c(N(F)C(=O)SC(Cl)Cl)c1. The predicted molar refractivity (Wildman–Crippen MR) is 100 cm³/mol. The maximum atomic E-state index is 14.4. The first-order valence-electron chi connectivity index (χ1n) is 6.05. The molecule has 0 atom stereocenters. The van der Waals surface area contributed by atoms with Crippen LogP contribution in [0.1, 0.15) is 11.1 Å². The van der Waals surface area contributed by atoms with Crippen molar-refractivity contribution in [3.05, 3.63) is 23.3 Å². The Labute approximate surface area is 165 Å². The van der Waals surface area contributed by atoms with Gasteiger partial charge in [-0.3, -0.25) is 9.59 Å². The Hall–Kier alpha value is -0.120. The molecular weight excluding hydrogens is 448 g/mol. The lowest BCUT2D eigenvalue weighted by Gasteiger charge is -2.22. The highest BCUT2D eigenvalue weighted by molar-refractivity contribution is 8.16. The summed E-state index contributed by atoms with van der Waals surface area (Å²) in [6.07, 6.45) is 0. The van der Waals surface area contributed by atoms with Crippen LogP contribution in [0.2, 0.25) is 0 Å². The van der Waals surface area contributed by atoms with Crippen LogP contribution in [0, 0.1) is 13.8 Å². The van der Waals surface area contributed by atoms with E-state index in [9.17, 15) is 18.6 Å². The van der Waals surface area contributed by atoms with Crippen LogP contribution in [0.4, 0.5) is 29.9 Å². The molecule has 0 fully saturated rings. The summed E-state index contributed by atoms with van der Waals surface area (Å²) >= 11 is 22.2. The van der Waals surface area contributed by atoms with E-state index >= 15 is 0 Å². The average Bonchev–Trinajstić information content (AvgIpc) is 2.43. The highest BCUT2D eigenvalue weighted by atomic mass is 35.5. The molecule has 0 aliphatic carbocycles. The summed E-state index contributed by atoms with van der Waals surface area (Å²) in [5, 5.41) is -2.99. The number of carbonyl (C=O) groups is 2. The molecule has 12 heteroatoms. The maximum Gasteiger partial charge on any atom is 0.316 e.